The molecule has 0 radical (unpaired) electrons. The average molecular weight is 534 g/mol. The summed E-state index contributed by atoms with van der Waals surface area (Å²) in [7, 11) is 0. The van der Waals surface area contributed by atoms with Crippen molar-refractivity contribution in [1.29, 1.82) is 0 Å². The van der Waals surface area contributed by atoms with Crippen LogP contribution in [-0.4, -0.2) is 80.2 Å². The zero-order valence-corrected chi connectivity index (χ0v) is 21.4. The van der Waals surface area contributed by atoms with Gasteiger partial charge in [-0.2, -0.15) is 0 Å². The molecule has 13 nitrogen and oxygen atoms in total. The molecule has 5 unspecified atom stereocenters. The molecule has 208 valence electrons. The number of fused-ring (bicyclic) bond motifs is 1. The number of hydrogen-bond donors (Lipinski definition) is 8. The fourth-order valence-electron chi connectivity index (χ4n) is 3.91. The van der Waals surface area contributed by atoms with Crippen molar-refractivity contribution in [3.8, 4) is 0 Å². The third-order valence-electron chi connectivity index (χ3n) is 5.85. The maximum Gasteiger partial charge on any atom is 0.326 e. The Hall–Kier alpha value is -3.97. The number of aromatic nitrogens is 1. The van der Waals surface area contributed by atoms with Crippen LogP contribution < -0.4 is 21.7 Å². The highest BCUT2D eigenvalue weighted by Gasteiger charge is 2.33. The van der Waals surface area contributed by atoms with E-state index in [2.05, 4.69) is 15.6 Å². The summed E-state index contributed by atoms with van der Waals surface area (Å²) in [6.07, 6.45) is -0.219. The Kier molecular flexibility index (Phi) is 10.8. The molecule has 2 aromatic rings. The number of aliphatic hydroxyl groups is 1. The quantitative estimate of drug-likeness (QED) is 0.156. The van der Waals surface area contributed by atoms with Gasteiger partial charge in [-0.1, -0.05) is 32.0 Å². The Morgan fingerprint density at radius 1 is 0.921 bits per heavy atom. The summed E-state index contributed by atoms with van der Waals surface area (Å²) in [6, 6.07) is 2.05. The summed E-state index contributed by atoms with van der Waals surface area (Å²) in [6.45, 7) is 4.84. The molecule has 1 aromatic carbocycles. The molecule has 3 amide bonds. The number of H-pyrrole nitrogens is 1. The lowest BCUT2D eigenvalue weighted by Crippen LogP contribution is -2.60. The summed E-state index contributed by atoms with van der Waals surface area (Å²) in [5.74, 6) is -5.59. The Labute approximate surface area is 219 Å². The molecular weight excluding hydrogens is 498 g/mol. The number of nitrogens with two attached hydrogens (primary N) is 1. The monoisotopic (exact) mass is 533 g/mol. The van der Waals surface area contributed by atoms with Crippen LogP contribution in [0.3, 0.4) is 0 Å². The van der Waals surface area contributed by atoms with Crippen molar-refractivity contribution in [3.63, 3.8) is 0 Å². The Morgan fingerprint density at radius 2 is 1.55 bits per heavy atom. The zero-order chi connectivity index (χ0) is 28.6. The fourth-order valence-corrected chi connectivity index (χ4v) is 3.91. The summed E-state index contributed by atoms with van der Waals surface area (Å²) in [4.78, 5) is 63.9. The van der Waals surface area contributed by atoms with Gasteiger partial charge >= 0.3 is 11.9 Å². The van der Waals surface area contributed by atoms with E-state index in [4.69, 9.17) is 10.8 Å². The number of carboxylic acids is 2. The molecule has 0 bridgehead atoms. The van der Waals surface area contributed by atoms with Crippen molar-refractivity contribution in [2.45, 2.75) is 70.3 Å². The number of amides is 3. The Morgan fingerprint density at radius 3 is 2.13 bits per heavy atom. The van der Waals surface area contributed by atoms with Gasteiger partial charge in [0.05, 0.1) is 18.6 Å². The van der Waals surface area contributed by atoms with Crippen molar-refractivity contribution in [2.75, 3.05) is 0 Å². The lowest BCUT2D eigenvalue weighted by Gasteiger charge is -2.27. The second-order valence-corrected chi connectivity index (χ2v) is 9.58. The van der Waals surface area contributed by atoms with Gasteiger partial charge < -0.3 is 42.0 Å². The van der Waals surface area contributed by atoms with E-state index in [1.54, 1.807) is 6.20 Å². The molecule has 1 heterocycles. The minimum atomic E-state index is -1.77. The Balaban J connectivity index is 2.11. The number of aliphatic hydroxyl groups excluding tert-OH is 1. The topological polar surface area (TPSA) is 224 Å². The first-order valence-electron chi connectivity index (χ1n) is 12.1. The van der Waals surface area contributed by atoms with Gasteiger partial charge in [0.2, 0.25) is 17.7 Å². The van der Waals surface area contributed by atoms with Crippen LogP contribution in [0.2, 0.25) is 0 Å². The van der Waals surface area contributed by atoms with Crippen LogP contribution in [0.15, 0.2) is 30.5 Å². The number of hydrogen-bond acceptors (Lipinski definition) is 7. The lowest BCUT2D eigenvalue weighted by molar-refractivity contribution is -0.148. The van der Waals surface area contributed by atoms with Gasteiger partial charge in [-0.15, -0.1) is 0 Å². The van der Waals surface area contributed by atoms with Crippen LogP contribution >= 0.6 is 0 Å². The second kappa shape index (κ2) is 13.5. The van der Waals surface area contributed by atoms with Gasteiger partial charge in [0.25, 0.3) is 0 Å². The van der Waals surface area contributed by atoms with Crippen LogP contribution in [0, 0.1) is 5.92 Å². The molecule has 13 heteroatoms. The van der Waals surface area contributed by atoms with Crippen LogP contribution in [0.4, 0.5) is 0 Å². The van der Waals surface area contributed by atoms with E-state index in [-0.39, 0.29) is 18.8 Å². The van der Waals surface area contributed by atoms with Gasteiger partial charge in [0.1, 0.15) is 18.1 Å². The minimum Gasteiger partial charge on any atom is -0.481 e. The average Bonchev–Trinajstić information content (AvgIpc) is 3.23. The number of aliphatic carboxylic acids is 2. The van der Waals surface area contributed by atoms with Gasteiger partial charge in [-0.25, -0.2) is 4.79 Å². The highest BCUT2D eigenvalue weighted by molar-refractivity contribution is 5.95. The predicted molar refractivity (Wildman–Crippen MR) is 137 cm³/mol. The second-order valence-electron chi connectivity index (χ2n) is 9.58. The number of para-hydroxylation sites is 1. The predicted octanol–water partition coefficient (Wildman–Crippen LogP) is -0.522. The van der Waals surface area contributed by atoms with E-state index in [0.717, 1.165) is 16.5 Å². The standard InChI is InChI=1S/C25H35N5O8/c1-12(2)8-18(28-22(34)16(26)9-14-11-27-17-7-5-4-6-15(14)17)23(35)30-21(13(3)31)24(36)29-19(25(37)38)10-20(32)33/h4-7,11-13,16,18-19,21,27,31H,8-10,26H2,1-3H3,(H,28,34)(H,29,36)(H,30,35)(H,32,33)(H,37,38). The maximum absolute atomic E-state index is 13.1. The smallest absolute Gasteiger partial charge is 0.326 e. The summed E-state index contributed by atoms with van der Waals surface area (Å²) >= 11 is 0. The van der Waals surface area contributed by atoms with E-state index >= 15 is 0 Å². The summed E-state index contributed by atoms with van der Waals surface area (Å²) in [5, 5.41) is 36.0. The third kappa shape index (κ3) is 8.56. The highest BCUT2D eigenvalue weighted by atomic mass is 16.4. The molecule has 0 saturated heterocycles. The number of carbonyl (C=O) groups excluding carboxylic acids is 3. The zero-order valence-electron chi connectivity index (χ0n) is 21.4. The van der Waals surface area contributed by atoms with E-state index < -0.39 is 66.4 Å². The molecule has 5 atom stereocenters. The van der Waals surface area contributed by atoms with Crippen LogP contribution in [0.1, 0.15) is 39.2 Å². The highest BCUT2D eigenvalue weighted by Crippen LogP contribution is 2.19. The number of carbonyl (C=O) groups is 5. The molecule has 38 heavy (non-hydrogen) atoms. The van der Waals surface area contributed by atoms with Gasteiger partial charge in [0.15, 0.2) is 0 Å². The van der Waals surface area contributed by atoms with Crippen LogP contribution in [0.25, 0.3) is 10.9 Å². The van der Waals surface area contributed by atoms with E-state index in [1.165, 1.54) is 6.92 Å². The molecule has 0 aliphatic heterocycles. The number of rotatable bonds is 14. The normalized spacial score (nSPS) is 15.2. The van der Waals surface area contributed by atoms with Gasteiger partial charge in [-0.05, 0) is 37.3 Å². The SMILES string of the molecule is CC(C)CC(NC(=O)C(N)Cc1c[nH]c2ccccc12)C(=O)NC(C(=O)NC(CC(=O)O)C(=O)O)C(C)O. The molecule has 0 aliphatic carbocycles. The minimum absolute atomic E-state index is 0.0540. The lowest BCUT2D eigenvalue weighted by atomic mass is 10.0. The van der Waals surface area contributed by atoms with E-state index in [9.17, 15) is 34.2 Å². The van der Waals surface area contributed by atoms with Crippen molar-refractivity contribution >= 4 is 40.6 Å². The van der Waals surface area contributed by atoms with E-state index in [0.29, 0.717) is 0 Å². The molecule has 0 saturated carbocycles. The number of aromatic amines is 1. The summed E-state index contributed by atoms with van der Waals surface area (Å²) in [5.41, 5.74) is 7.85. The largest absolute Gasteiger partial charge is 0.481 e. The van der Waals surface area contributed by atoms with Crippen molar-refractivity contribution < 1.29 is 39.3 Å². The molecule has 1 aromatic heterocycles. The number of benzene rings is 1. The van der Waals surface area contributed by atoms with Gasteiger partial charge in [-0.3, -0.25) is 19.2 Å². The molecule has 0 spiro atoms. The van der Waals surface area contributed by atoms with Crippen molar-refractivity contribution in [3.05, 3.63) is 36.0 Å². The van der Waals surface area contributed by atoms with Crippen molar-refractivity contribution in [2.24, 2.45) is 11.7 Å². The molecular formula is C25H35N5O8. The Bertz CT molecular complexity index is 1160. The van der Waals surface area contributed by atoms with E-state index in [1.807, 2.05) is 43.4 Å². The molecule has 9 N–H and O–H groups in total. The summed E-state index contributed by atoms with van der Waals surface area (Å²) < 4.78 is 0. The van der Waals surface area contributed by atoms with Crippen LogP contribution in [0.5, 0.6) is 0 Å². The molecule has 0 aliphatic rings. The van der Waals surface area contributed by atoms with Crippen molar-refractivity contribution in [1.82, 2.24) is 20.9 Å². The van der Waals surface area contributed by atoms with Crippen LogP contribution in [-0.2, 0) is 30.4 Å². The third-order valence-corrected chi connectivity index (χ3v) is 5.85. The first kappa shape index (κ1) is 30.3. The first-order chi connectivity index (χ1) is 17.8. The van der Waals surface area contributed by atoms with Gasteiger partial charge in [0, 0.05) is 17.1 Å². The first-order valence-corrected chi connectivity index (χ1v) is 12.1. The molecule has 2 rings (SSSR count). The number of nitrogens with one attached hydrogen (secondary N) is 4. The fraction of sp³-hybridized carbons (Fsp3) is 0.480. The maximum atomic E-state index is 13.1. The molecule has 0 fully saturated rings. The number of carboxylic acid groups (broad SMARTS) is 2.